The lowest BCUT2D eigenvalue weighted by molar-refractivity contribution is -0.133. The van der Waals surface area contributed by atoms with Gasteiger partial charge in [-0.3, -0.25) is 19.1 Å². The molecule has 1 fully saturated rings. The van der Waals surface area contributed by atoms with Crippen molar-refractivity contribution in [2.75, 3.05) is 6.54 Å². The van der Waals surface area contributed by atoms with Crippen LogP contribution < -0.4 is 10.6 Å². The summed E-state index contributed by atoms with van der Waals surface area (Å²) in [5.74, 6) is -0.720. The summed E-state index contributed by atoms with van der Waals surface area (Å²) in [5.41, 5.74) is -0.493. The quantitative estimate of drug-likeness (QED) is 0.637. The standard InChI is InChI=1S/C23H31N5O3S/c1-3-4-11-27-21(30)19-13-18(20(29)24-14-17-10-7-12-32-17)26-28(19)15-23(27,2)22(31)25-16-8-5-6-9-16/h7,10,12-13,16H,3-6,8-9,11,14-15H2,1-2H3,(H,24,29)(H,25,31)/t23-/m0/s1. The monoisotopic (exact) mass is 457 g/mol. The lowest BCUT2D eigenvalue weighted by Gasteiger charge is -2.43. The molecule has 2 aromatic rings. The Morgan fingerprint density at radius 2 is 2.09 bits per heavy atom. The molecule has 0 radical (unpaired) electrons. The first-order valence-electron chi connectivity index (χ1n) is 11.4. The van der Waals surface area contributed by atoms with Crippen molar-refractivity contribution < 1.29 is 14.4 Å². The fourth-order valence-electron chi connectivity index (χ4n) is 4.50. The molecule has 1 aliphatic heterocycles. The summed E-state index contributed by atoms with van der Waals surface area (Å²) in [6, 6.07) is 5.59. The van der Waals surface area contributed by atoms with Gasteiger partial charge in [0.25, 0.3) is 11.8 Å². The largest absolute Gasteiger partial charge is 0.351 e. The first-order chi connectivity index (χ1) is 15.4. The van der Waals surface area contributed by atoms with Crippen molar-refractivity contribution in [3.8, 4) is 0 Å². The Morgan fingerprint density at radius 1 is 1.31 bits per heavy atom. The number of hydrogen-bond donors (Lipinski definition) is 2. The number of fused-ring (bicyclic) bond motifs is 1. The molecule has 1 saturated carbocycles. The van der Waals surface area contributed by atoms with Crippen LogP contribution in [0.15, 0.2) is 23.6 Å². The van der Waals surface area contributed by atoms with E-state index in [0.29, 0.717) is 18.8 Å². The number of unbranched alkanes of at least 4 members (excludes halogenated alkanes) is 1. The molecule has 0 saturated heterocycles. The first kappa shape index (κ1) is 22.5. The van der Waals surface area contributed by atoms with Crippen molar-refractivity contribution in [2.45, 2.75) is 77.0 Å². The smallest absolute Gasteiger partial charge is 0.273 e. The Hall–Kier alpha value is -2.68. The van der Waals surface area contributed by atoms with Gasteiger partial charge < -0.3 is 15.5 Å². The molecule has 32 heavy (non-hydrogen) atoms. The molecule has 8 nitrogen and oxygen atoms in total. The average molecular weight is 458 g/mol. The molecule has 1 atom stereocenters. The first-order valence-corrected chi connectivity index (χ1v) is 12.3. The van der Waals surface area contributed by atoms with Gasteiger partial charge in [-0.05, 0) is 37.6 Å². The maximum absolute atomic E-state index is 13.4. The number of carbonyl (C=O) groups excluding carboxylic acids is 3. The summed E-state index contributed by atoms with van der Waals surface area (Å²) < 4.78 is 1.53. The molecule has 3 amide bonds. The minimum absolute atomic E-state index is 0.140. The van der Waals surface area contributed by atoms with Gasteiger partial charge in [-0.1, -0.05) is 32.3 Å². The number of thiophene rings is 1. The summed E-state index contributed by atoms with van der Waals surface area (Å²) in [6.45, 7) is 5.01. The predicted molar refractivity (Wildman–Crippen MR) is 122 cm³/mol. The van der Waals surface area contributed by atoms with Crippen LogP contribution in [0.1, 0.15) is 78.2 Å². The Labute approximate surface area is 192 Å². The van der Waals surface area contributed by atoms with Crippen LogP contribution >= 0.6 is 11.3 Å². The number of nitrogens with zero attached hydrogens (tertiary/aromatic N) is 3. The van der Waals surface area contributed by atoms with Crippen molar-refractivity contribution >= 4 is 29.1 Å². The highest BCUT2D eigenvalue weighted by Crippen LogP contribution is 2.29. The average Bonchev–Trinajstić information content (AvgIpc) is 3.53. The summed E-state index contributed by atoms with van der Waals surface area (Å²) in [5, 5.41) is 12.4. The Morgan fingerprint density at radius 3 is 2.78 bits per heavy atom. The number of nitrogens with one attached hydrogen (secondary N) is 2. The molecule has 0 spiro atoms. The minimum atomic E-state index is -1.04. The molecule has 9 heteroatoms. The molecule has 4 rings (SSSR count). The highest BCUT2D eigenvalue weighted by Gasteiger charge is 2.48. The van der Waals surface area contributed by atoms with Crippen molar-refractivity contribution in [1.29, 1.82) is 0 Å². The van der Waals surface area contributed by atoms with Gasteiger partial charge in [0.1, 0.15) is 11.2 Å². The summed E-state index contributed by atoms with van der Waals surface area (Å²) in [6.07, 6.45) is 5.92. The molecular weight excluding hydrogens is 426 g/mol. The Bertz CT molecular complexity index is 980. The molecule has 2 aromatic heterocycles. The summed E-state index contributed by atoms with van der Waals surface area (Å²) in [7, 11) is 0. The zero-order valence-electron chi connectivity index (χ0n) is 18.7. The molecular formula is C23H31N5O3S. The Kier molecular flexibility index (Phi) is 6.64. The van der Waals surface area contributed by atoms with Crippen LogP contribution in [0.4, 0.5) is 0 Å². The minimum Gasteiger partial charge on any atom is -0.351 e. The number of hydrogen-bond acceptors (Lipinski definition) is 5. The number of aromatic nitrogens is 2. The van der Waals surface area contributed by atoms with E-state index in [4.69, 9.17) is 0 Å². The van der Waals surface area contributed by atoms with E-state index < -0.39 is 5.54 Å². The van der Waals surface area contributed by atoms with Crippen LogP contribution in [0.25, 0.3) is 0 Å². The second-order valence-electron chi connectivity index (χ2n) is 8.87. The fraction of sp³-hybridized carbons (Fsp3) is 0.565. The van der Waals surface area contributed by atoms with E-state index in [0.717, 1.165) is 43.4 Å². The highest BCUT2D eigenvalue weighted by molar-refractivity contribution is 7.09. The van der Waals surface area contributed by atoms with Crippen molar-refractivity contribution in [2.24, 2.45) is 0 Å². The van der Waals surface area contributed by atoms with Gasteiger partial charge in [0, 0.05) is 23.5 Å². The van der Waals surface area contributed by atoms with Crippen LogP contribution in [0.5, 0.6) is 0 Å². The number of carbonyl (C=O) groups is 3. The van der Waals surface area contributed by atoms with Crippen LogP contribution in [0, 0.1) is 0 Å². The van der Waals surface area contributed by atoms with Crippen LogP contribution in [-0.4, -0.2) is 50.5 Å². The second-order valence-corrected chi connectivity index (χ2v) is 9.91. The normalized spacial score (nSPS) is 20.9. The van der Waals surface area contributed by atoms with Crippen molar-refractivity contribution in [3.63, 3.8) is 0 Å². The molecule has 3 heterocycles. The van der Waals surface area contributed by atoms with E-state index in [2.05, 4.69) is 22.7 Å². The van der Waals surface area contributed by atoms with E-state index in [9.17, 15) is 14.4 Å². The molecule has 0 aromatic carbocycles. The zero-order chi connectivity index (χ0) is 22.7. The zero-order valence-corrected chi connectivity index (χ0v) is 19.5. The molecule has 172 valence electrons. The summed E-state index contributed by atoms with van der Waals surface area (Å²) in [4.78, 5) is 42.1. The third-order valence-corrected chi connectivity index (χ3v) is 7.32. The topological polar surface area (TPSA) is 96.3 Å². The molecule has 0 unspecified atom stereocenters. The van der Waals surface area contributed by atoms with Gasteiger partial charge in [-0.15, -0.1) is 11.3 Å². The molecule has 2 N–H and O–H groups in total. The van der Waals surface area contributed by atoms with Crippen LogP contribution in [0.3, 0.4) is 0 Å². The molecule has 1 aliphatic carbocycles. The van der Waals surface area contributed by atoms with E-state index in [-0.39, 0.29) is 36.0 Å². The van der Waals surface area contributed by atoms with Gasteiger partial charge in [0.15, 0.2) is 5.69 Å². The molecule has 2 aliphatic rings. The maximum atomic E-state index is 13.4. The van der Waals surface area contributed by atoms with Gasteiger partial charge in [0.05, 0.1) is 13.1 Å². The van der Waals surface area contributed by atoms with E-state index in [1.165, 1.54) is 4.68 Å². The van der Waals surface area contributed by atoms with Crippen molar-refractivity contribution in [3.05, 3.63) is 39.8 Å². The fourth-order valence-corrected chi connectivity index (χ4v) is 5.15. The van der Waals surface area contributed by atoms with E-state index >= 15 is 0 Å². The van der Waals surface area contributed by atoms with Gasteiger partial charge in [0.2, 0.25) is 5.91 Å². The third-order valence-electron chi connectivity index (χ3n) is 6.45. The lowest BCUT2D eigenvalue weighted by Crippen LogP contribution is -2.65. The maximum Gasteiger partial charge on any atom is 0.273 e. The highest BCUT2D eigenvalue weighted by atomic mass is 32.1. The molecule has 0 bridgehead atoms. The van der Waals surface area contributed by atoms with Crippen molar-refractivity contribution in [1.82, 2.24) is 25.3 Å². The van der Waals surface area contributed by atoms with Gasteiger partial charge in [-0.2, -0.15) is 5.10 Å². The lowest BCUT2D eigenvalue weighted by atomic mass is 9.94. The van der Waals surface area contributed by atoms with Crippen LogP contribution in [0.2, 0.25) is 0 Å². The predicted octanol–water partition coefficient (Wildman–Crippen LogP) is 2.95. The van der Waals surface area contributed by atoms with E-state index in [1.807, 2.05) is 24.4 Å². The SMILES string of the molecule is CCCCN1C(=O)c2cc(C(=O)NCc3cccs3)nn2C[C@@]1(C)C(=O)NC1CCCC1. The van der Waals surface area contributed by atoms with Crippen LogP contribution in [-0.2, 0) is 17.9 Å². The third kappa shape index (κ3) is 4.44. The second kappa shape index (κ2) is 9.44. The number of amides is 3. The summed E-state index contributed by atoms with van der Waals surface area (Å²) >= 11 is 1.57. The Balaban J connectivity index is 1.56. The van der Waals surface area contributed by atoms with E-state index in [1.54, 1.807) is 22.3 Å². The number of rotatable bonds is 8. The van der Waals surface area contributed by atoms with Gasteiger partial charge in [-0.25, -0.2) is 0 Å². The van der Waals surface area contributed by atoms with Gasteiger partial charge >= 0.3 is 0 Å².